The monoisotopic (exact) mass is 275 g/mol. The van der Waals surface area contributed by atoms with Crippen LogP contribution in [0.1, 0.15) is 30.6 Å². The molecule has 2 N–H and O–H groups in total. The number of ketones is 1. The maximum atomic E-state index is 12.8. The van der Waals surface area contributed by atoms with Crippen LogP contribution in [0.25, 0.3) is 0 Å². The molecule has 106 valence electrons. The second-order valence-corrected chi connectivity index (χ2v) is 4.37. The number of halogens is 3. The van der Waals surface area contributed by atoms with Crippen molar-refractivity contribution in [2.24, 2.45) is 5.73 Å². The number of benzene rings is 1. The normalized spacial score (nSPS) is 14.8. The van der Waals surface area contributed by atoms with Gasteiger partial charge >= 0.3 is 6.18 Å². The lowest BCUT2D eigenvalue weighted by atomic mass is 9.91. The summed E-state index contributed by atoms with van der Waals surface area (Å²) in [6.07, 6.45) is -4.14. The summed E-state index contributed by atoms with van der Waals surface area (Å²) in [7, 11) is 0. The van der Waals surface area contributed by atoms with E-state index in [9.17, 15) is 18.0 Å². The Kier molecular flexibility index (Phi) is 4.57. The van der Waals surface area contributed by atoms with Crippen LogP contribution in [0.4, 0.5) is 13.2 Å². The highest BCUT2D eigenvalue weighted by Gasteiger charge is 2.54. The van der Waals surface area contributed by atoms with Gasteiger partial charge in [0, 0.05) is 0 Å². The standard InChI is InChI=1S/C13H16F3NO2/c1-3-8-19-10-7-5-4-6-9(10)11(18)12(2,17)13(14,15)16/h4-7H,3,8,17H2,1-2H3. The first-order valence-electron chi connectivity index (χ1n) is 5.84. The Balaban J connectivity index is 3.13. The van der Waals surface area contributed by atoms with Gasteiger partial charge in [0.05, 0.1) is 12.2 Å². The van der Waals surface area contributed by atoms with Crippen LogP contribution in [-0.4, -0.2) is 24.1 Å². The lowest BCUT2D eigenvalue weighted by Gasteiger charge is -2.26. The molecule has 1 unspecified atom stereocenters. The third-order valence-corrected chi connectivity index (χ3v) is 2.65. The zero-order chi connectivity index (χ0) is 14.7. The molecule has 3 nitrogen and oxygen atoms in total. The number of carbonyl (C=O) groups is 1. The first kappa shape index (κ1) is 15.5. The Labute approximate surface area is 109 Å². The van der Waals surface area contributed by atoms with Gasteiger partial charge < -0.3 is 10.5 Å². The fourth-order valence-electron chi connectivity index (χ4n) is 1.40. The SMILES string of the molecule is CCCOc1ccccc1C(=O)C(C)(N)C(F)(F)F. The highest BCUT2D eigenvalue weighted by atomic mass is 19.4. The molecular formula is C13H16F3NO2. The van der Waals surface area contributed by atoms with Crippen molar-refractivity contribution in [3.8, 4) is 5.75 Å². The Bertz CT molecular complexity index is 455. The van der Waals surface area contributed by atoms with Crippen LogP contribution in [0.3, 0.4) is 0 Å². The van der Waals surface area contributed by atoms with Crippen molar-refractivity contribution in [3.63, 3.8) is 0 Å². The van der Waals surface area contributed by atoms with Crippen LogP contribution in [0, 0.1) is 0 Å². The zero-order valence-corrected chi connectivity index (χ0v) is 10.8. The number of carbonyl (C=O) groups excluding carboxylic acids is 1. The van der Waals surface area contributed by atoms with Crippen molar-refractivity contribution < 1.29 is 22.7 Å². The molecule has 1 atom stereocenters. The van der Waals surface area contributed by atoms with Crippen molar-refractivity contribution in [2.75, 3.05) is 6.61 Å². The second kappa shape index (κ2) is 5.61. The van der Waals surface area contributed by atoms with E-state index in [0.717, 1.165) is 0 Å². The van der Waals surface area contributed by atoms with Crippen LogP contribution in [-0.2, 0) is 0 Å². The quantitative estimate of drug-likeness (QED) is 0.840. The third-order valence-electron chi connectivity index (χ3n) is 2.65. The molecule has 0 heterocycles. The lowest BCUT2D eigenvalue weighted by molar-refractivity contribution is -0.165. The molecular weight excluding hydrogens is 259 g/mol. The van der Waals surface area contributed by atoms with Gasteiger partial charge in [0.1, 0.15) is 5.75 Å². The van der Waals surface area contributed by atoms with Gasteiger partial charge in [0.2, 0.25) is 0 Å². The summed E-state index contributed by atoms with van der Waals surface area (Å²) in [4.78, 5) is 12.0. The van der Waals surface area contributed by atoms with E-state index in [1.165, 1.54) is 18.2 Å². The summed E-state index contributed by atoms with van der Waals surface area (Å²) in [6.45, 7) is 2.83. The predicted molar refractivity (Wildman–Crippen MR) is 65.2 cm³/mol. The number of hydrogen-bond donors (Lipinski definition) is 1. The summed E-state index contributed by atoms with van der Waals surface area (Å²) in [5.41, 5.74) is 2.05. The number of ether oxygens (including phenoxy) is 1. The van der Waals surface area contributed by atoms with E-state index in [0.29, 0.717) is 20.0 Å². The van der Waals surface area contributed by atoms with E-state index in [2.05, 4.69) is 0 Å². The molecule has 0 aromatic heterocycles. The molecule has 0 fully saturated rings. The smallest absolute Gasteiger partial charge is 0.413 e. The van der Waals surface area contributed by atoms with Gasteiger partial charge in [-0.3, -0.25) is 4.79 Å². The van der Waals surface area contributed by atoms with Crippen molar-refractivity contribution in [1.29, 1.82) is 0 Å². The summed E-state index contributed by atoms with van der Waals surface area (Å²) in [6, 6.07) is 5.79. The Morgan fingerprint density at radius 2 is 1.89 bits per heavy atom. The van der Waals surface area contributed by atoms with Crippen LogP contribution in [0.15, 0.2) is 24.3 Å². The van der Waals surface area contributed by atoms with Gasteiger partial charge in [-0.25, -0.2) is 0 Å². The summed E-state index contributed by atoms with van der Waals surface area (Å²) in [5, 5.41) is 0. The first-order chi connectivity index (χ1) is 8.71. The Hall–Kier alpha value is -1.56. The maximum absolute atomic E-state index is 12.8. The van der Waals surface area contributed by atoms with Gasteiger partial charge in [-0.15, -0.1) is 0 Å². The van der Waals surface area contributed by atoms with E-state index in [4.69, 9.17) is 10.5 Å². The average Bonchev–Trinajstić information content (AvgIpc) is 2.34. The number of nitrogens with two attached hydrogens (primary N) is 1. The maximum Gasteiger partial charge on any atom is 0.413 e. The molecule has 0 bridgehead atoms. The molecule has 0 aliphatic heterocycles. The van der Waals surface area contributed by atoms with Crippen molar-refractivity contribution in [2.45, 2.75) is 32.0 Å². The number of para-hydroxylation sites is 1. The van der Waals surface area contributed by atoms with Gasteiger partial charge in [-0.2, -0.15) is 13.2 Å². The fraction of sp³-hybridized carbons (Fsp3) is 0.462. The number of Topliss-reactive ketones (excluding diaryl/α,β-unsaturated/α-hetero) is 1. The van der Waals surface area contributed by atoms with Crippen LogP contribution >= 0.6 is 0 Å². The molecule has 6 heteroatoms. The fourth-order valence-corrected chi connectivity index (χ4v) is 1.40. The Morgan fingerprint density at radius 3 is 2.42 bits per heavy atom. The van der Waals surface area contributed by atoms with E-state index < -0.39 is 17.5 Å². The molecule has 0 saturated heterocycles. The molecule has 0 radical (unpaired) electrons. The average molecular weight is 275 g/mol. The minimum absolute atomic E-state index is 0.121. The van der Waals surface area contributed by atoms with Crippen molar-refractivity contribution in [1.82, 2.24) is 0 Å². The van der Waals surface area contributed by atoms with Gasteiger partial charge in [-0.1, -0.05) is 19.1 Å². The Morgan fingerprint density at radius 1 is 1.32 bits per heavy atom. The molecule has 0 spiro atoms. The minimum atomic E-state index is -4.82. The van der Waals surface area contributed by atoms with E-state index in [1.807, 2.05) is 6.92 Å². The molecule has 19 heavy (non-hydrogen) atoms. The number of alkyl halides is 3. The summed E-state index contributed by atoms with van der Waals surface area (Å²) >= 11 is 0. The molecule has 0 aliphatic rings. The van der Waals surface area contributed by atoms with Gasteiger partial charge in [0.25, 0.3) is 0 Å². The zero-order valence-electron chi connectivity index (χ0n) is 10.8. The molecule has 1 rings (SSSR count). The van der Waals surface area contributed by atoms with Crippen LogP contribution in [0.2, 0.25) is 0 Å². The van der Waals surface area contributed by atoms with E-state index in [1.54, 1.807) is 6.07 Å². The molecule has 1 aromatic rings. The summed E-state index contributed by atoms with van der Waals surface area (Å²) < 4.78 is 43.6. The van der Waals surface area contributed by atoms with Crippen molar-refractivity contribution in [3.05, 3.63) is 29.8 Å². The lowest BCUT2D eigenvalue weighted by Crippen LogP contribution is -2.57. The van der Waals surface area contributed by atoms with E-state index >= 15 is 0 Å². The predicted octanol–water partition coefficient (Wildman–Crippen LogP) is 2.94. The van der Waals surface area contributed by atoms with Gasteiger partial charge in [0.15, 0.2) is 11.3 Å². The minimum Gasteiger partial charge on any atom is -0.493 e. The molecule has 0 saturated carbocycles. The first-order valence-corrected chi connectivity index (χ1v) is 5.84. The third kappa shape index (κ3) is 3.26. The number of hydrogen-bond acceptors (Lipinski definition) is 3. The molecule has 0 amide bonds. The second-order valence-electron chi connectivity index (χ2n) is 4.37. The highest BCUT2D eigenvalue weighted by molar-refractivity contribution is 6.05. The van der Waals surface area contributed by atoms with Crippen molar-refractivity contribution >= 4 is 5.78 Å². The van der Waals surface area contributed by atoms with Crippen LogP contribution in [0.5, 0.6) is 5.75 Å². The topological polar surface area (TPSA) is 52.3 Å². The highest BCUT2D eigenvalue weighted by Crippen LogP contribution is 2.33. The molecule has 1 aromatic carbocycles. The van der Waals surface area contributed by atoms with Crippen LogP contribution < -0.4 is 10.5 Å². The van der Waals surface area contributed by atoms with E-state index in [-0.39, 0.29) is 11.3 Å². The largest absolute Gasteiger partial charge is 0.493 e. The summed E-state index contributed by atoms with van der Waals surface area (Å²) in [5.74, 6) is -1.08. The van der Waals surface area contributed by atoms with Gasteiger partial charge in [-0.05, 0) is 25.5 Å². The molecule has 0 aliphatic carbocycles. The number of rotatable bonds is 5.